The smallest absolute Gasteiger partial charge is 0.419 e. The molecule has 0 saturated heterocycles. The van der Waals surface area contributed by atoms with E-state index in [9.17, 15) is 26.4 Å². The lowest BCUT2D eigenvalue weighted by Gasteiger charge is -2.37. The van der Waals surface area contributed by atoms with E-state index in [1.807, 2.05) is 0 Å². The quantitative estimate of drug-likeness (QED) is 0.403. The van der Waals surface area contributed by atoms with Gasteiger partial charge in [-0.3, -0.25) is 4.79 Å². The van der Waals surface area contributed by atoms with E-state index in [1.165, 1.54) is 30.6 Å². The number of carbonyl (C=O) groups is 1. The fraction of sp³-hybridized carbons (Fsp3) is 0.542. The van der Waals surface area contributed by atoms with Crippen LogP contribution in [0.2, 0.25) is 5.02 Å². The van der Waals surface area contributed by atoms with Crippen LogP contribution >= 0.6 is 11.6 Å². The molecule has 3 rings (SSSR count). The second-order valence-corrected chi connectivity index (χ2v) is 11.5. The summed E-state index contributed by atoms with van der Waals surface area (Å²) in [7, 11) is -0.682. The van der Waals surface area contributed by atoms with Gasteiger partial charge in [0.05, 0.1) is 35.3 Å². The molecule has 1 aliphatic rings. The van der Waals surface area contributed by atoms with Gasteiger partial charge in [-0.25, -0.2) is 22.7 Å². The van der Waals surface area contributed by atoms with Crippen molar-refractivity contribution in [3.05, 3.63) is 40.2 Å². The lowest BCUT2D eigenvalue weighted by atomic mass is 9.81. The van der Waals surface area contributed by atoms with Gasteiger partial charge in [-0.1, -0.05) is 31.4 Å². The van der Waals surface area contributed by atoms with Crippen LogP contribution in [0, 0.1) is 5.92 Å². The minimum Gasteiger partial charge on any atom is -0.495 e. The third-order valence-electron chi connectivity index (χ3n) is 6.64. The van der Waals surface area contributed by atoms with Gasteiger partial charge in [0.15, 0.2) is 5.78 Å². The number of nitrogens with one attached hydrogen (secondary N) is 1. The number of hydrogen-bond donors (Lipinski definition) is 1. The van der Waals surface area contributed by atoms with Crippen molar-refractivity contribution < 1.29 is 31.1 Å². The third kappa shape index (κ3) is 6.91. The van der Waals surface area contributed by atoms with Gasteiger partial charge in [-0.2, -0.15) is 13.2 Å². The Balaban J connectivity index is 1.99. The Labute approximate surface area is 219 Å². The second-order valence-electron chi connectivity index (χ2n) is 9.08. The van der Waals surface area contributed by atoms with Gasteiger partial charge in [0, 0.05) is 31.3 Å². The summed E-state index contributed by atoms with van der Waals surface area (Å²) in [5, 5.41) is 3.00. The van der Waals surface area contributed by atoms with Crippen molar-refractivity contribution in [2.24, 2.45) is 5.92 Å². The van der Waals surface area contributed by atoms with Crippen LogP contribution in [-0.4, -0.2) is 54.9 Å². The molecule has 0 unspecified atom stereocenters. The van der Waals surface area contributed by atoms with Crippen LogP contribution in [0.1, 0.15) is 60.6 Å². The van der Waals surface area contributed by atoms with E-state index in [0.717, 1.165) is 19.1 Å². The van der Waals surface area contributed by atoms with E-state index >= 15 is 0 Å². The Morgan fingerprint density at radius 2 is 1.95 bits per heavy atom. The highest BCUT2D eigenvalue weighted by molar-refractivity contribution is 7.88. The SMILES string of the molecule is CCC(=O)c1cc(OC)c(Nc2ncc(C(F)(F)F)c(C[C@@H]3CCCC[C@H]3N(C)S(C)(=O)=O)n2)cc1Cl. The number of Topliss-reactive ketones (excluding diaryl/α,β-unsaturated/α-hetero) is 1. The highest BCUT2D eigenvalue weighted by Gasteiger charge is 2.38. The average Bonchev–Trinajstić information content (AvgIpc) is 2.82. The molecule has 37 heavy (non-hydrogen) atoms. The molecule has 0 radical (unpaired) electrons. The number of nitrogens with zero attached hydrogens (tertiary/aromatic N) is 3. The number of ketones is 1. The molecular formula is C24H30ClF3N4O4S. The predicted octanol–water partition coefficient (Wildman–Crippen LogP) is 5.49. The number of halogens is 4. The van der Waals surface area contributed by atoms with E-state index in [0.29, 0.717) is 19.0 Å². The van der Waals surface area contributed by atoms with Crippen molar-refractivity contribution in [1.82, 2.24) is 14.3 Å². The van der Waals surface area contributed by atoms with Gasteiger partial charge in [0.1, 0.15) is 5.75 Å². The van der Waals surface area contributed by atoms with Gasteiger partial charge in [0.25, 0.3) is 0 Å². The summed E-state index contributed by atoms with van der Waals surface area (Å²) in [6, 6.07) is 2.45. The number of alkyl halides is 3. The monoisotopic (exact) mass is 562 g/mol. The Morgan fingerprint density at radius 3 is 2.54 bits per heavy atom. The van der Waals surface area contributed by atoms with E-state index in [4.69, 9.17) is 16.3 Å². The number of ether oxygens (including phenoxy) is 1. The first-order chi connectivity index (χ1) is 17.3. The molecule has 8 nitrogen and oxygen atoms in total. The molecule has 1 saturated carbocycles. The van der Waals surface area contributed by atoms with Gasteiger partial charge >= 0.3 is 6.18 Å². The number of benzene rings is 1. The Morgan fingerprint density at radius 1 is 1.27 bits per heavy atom. The van der Waals surface area contributed by atoms with E-state index in [-0.39, 0.29) is 58.2 Å². The molecule has 0 amide bonds. The number of rotatable bonds is 9. The molecule has 1 aromatic carbocycles. The minimum atomic E-state index is -4.69. The number of anilines is 2. The number of aromatic nitrogens is 2. The third-order valence-corrected chi connectivity index (χ3v) is 8.27. The first-order valence-corrected chi connectivity index (χ1v) is 14.0. The Hall–Kier alpha value is -2.44. The number of hydrogen-bond acceptors (Lipinski definition) is 7. The van der Waals surface area contributed by atoms with Crippen LogP contribution in [0.15, 0.2) is 18.3 Å². The molecule has 0 spiro atoms. The molecule has 1 N–H and O–H groups in total. The first kappa shape index (κ1) is 29.1. The standard InChI is InChI=1S/C24H30ClF3N4O4S/c1-5-21(33)15-11-22(36-3)19(12-17(15)25)31-23-29-13-16(24(26,27)28)18(30-23)10-14-8-6-7-9-20(14)32(2)37(4,34)35/h11-14,20H,5-10H2,1-4H3,(H,29,30,31)/t14-,20+/m0/s1. The summed E-state index contributed by atoms with van der Waals surface area (Å²) in [5.41, 5.74) is -0.665. The summed E-state index contributed by atoms with van der Waals surface area (Å²) in [6.07, 6.45) is -0.0127. The fourth-order valence-electron chi connectivity index (χ4n) is 4.61. The summed E-state index contributed by atoms with van der Waals surface area (Å²) < 4.78 is 72.5. The van der Waals surface area contributed by atoms with E-state index < -0.39 is 27.8 Å². The predicted molar refractivity (Wildman–Crippen MR) is 135 cm³/mol. The summed E-state index contributed by atoms with van der Waals surface area (Å²) in [6.45, 7) is 1.69. The maximum atomic E-state index is 13.9. The van der Waals surface area contributed by atoms with Gasteiger partial charge < -0.3 is 10.1 Å². The zero-order valence-electron chi connectivity index (χ0n) is 21.0. The minimum absolute atomic E-state index is 0.0710. The van der Waals surface area contributed by atoms with Crippen LogP contribution in [0.25, 0.3) is 0 Å². The number of carbonyl (C=O) groups excluding carboxylic acids is 1. The lowest BCUT2D eigenvalue weighted by Crippen LogP contribution is -2.44. The van der Waals surface area contributed by atoms with Crippen molar-refractivity contribution >= 4 is 39.0 Å². The van der Waals surface area contributed by atoms with E-state index in [2.05, 4.69) is 15.3 Å². The average molecular weight is 563 g/mol. The molecule has 1 fully saturated rings. The zero-order valence-corrected chi connectivity index (χ0v) is 22.6. The van der Waals surface area contributed by atoms with Crippen molar-refractivity contribution in [3.8, 4) is 5.75 Å². The van der Waals surface area contributed by atoms with Crippen LogP contribution in [-0.2, 0) is 22.6 Å². The molecule has 0 aliphatic heterocycles. The van der Waals surface area contributed by atoms with Crippen molar-refractivity contribution in [2.75, 3.05) is 25.7 Å². The molecule has 2 atom stereocenters. The molecule has 204 valence electrons. The van der Waals surface area contributed by atoms with Crippen molar-refractivity contribution in [1.29, 1.82) is 0 Å². The highest BCUT2D eigenvalue weighted by Crippen LogP contribution is 2.38. The normalized spacial score (nSPS) is 18.6. The second kappa shape index (κ2) is 11.5. The summed E-state index contributed by atoms with van der Waals surface area (Å²) >= 11 is 6.27. The first-order valence-electron chi connectivity index (χ1n) is 11.8. The fourth-order valence-corrected chi connectivity index (χ4v) is 5.65. The van der Waals surface area contributed by atoms with Crippen LogP contribution < -0.4 is 10.1 Å². The van der Waals surface area contributed by atoms with Gasteiger partial charge in [-0.15, -0.1) is 0 Å². The van der Waals surface area contributed by atoms with Gasteiger partial charge in [0.2, 0.25) is 16.0 Å². The maximum Gasteiger partial charge on any atom is 0.419 e. The van der Waals surface area contributed by atoms with Crippen molar-refractivity contribution in [3.63, 3.8) is 0 Å². The van der Waals surface area contributed by atoms with Gasteiger partial charge in [-0.05, 0) is 37.3 Å². The topological polar surface area (TPSA) is 101 Å². The molecule has 1 aliphatic carbocycles. The molecule has 2 aromatic rings. The summed E-state index contributed by atoms with van der Waals surface area (Å²) in [4.78, 5) is 20.2. The molecule has 1 heterocycles. The van der Waals surface area contributed by atoms with Crippen LogP contribution in [0.4, 0.5) is 24.8 Å². The van der Waals surface area contributed by atoms with Crippen LogP contribution in [0.3, 0.4) is 0 Å². The number of sulfonamides is 1. The Bertz CT molecular complexity index is 1260. The lowest BCUT2D eigenvalue weighted by molar-refractivity contribution is -0.138. The highest BCUT2D eigenvalue weighted by atomic mass is 35.5. The van der Waals surface area contributed by atoms with E-state index in [1.54, 1.807) is 6.92 Å². The van der Waals surface area contributed by atoms with Crippen molar-refractivity contribution in [2.45, 2.75) is 57.7 Å². The Kier molecular flexibility index (Phi) is 9.07. The molecule has 13 heteroatoms. The molecular weight excluding hydrogens is 533 g/mol. The molecule has 1 aromatic heterocycles. The summed E-state index contributed by atoms with van der Waals surface area (Å²) in [5.74, 6) is -0.409. The number of methoxy groups -OCH3 is 1. The zero-order chi connectivity index (χ0) is 27.5. The molecule has 0 bridgehead atoms. The largest absolute Gasteiger partial charge is 0.495 e. The maximum absolute atomic E-state index is 13.9. The van der Waals surface area contributed by atoms with Crippen LogP contribution in [0.5, 0.6) is 5.75 Å².